The maximum atomic E-state index is 12.6. The zero-order valence-corrected chi connectivity index (χ0v) is 9.41. The van der Waals surface area contributed by atoms with Crippen LogP contribution in [0.15, 0.2) is 42.6 Å². The van der Waals surface area contributed by atoms with Crippen LogP contribution >= 0.6 is 11.6 Å². The lowest BCUT2D eigenvalue weighted by Gasteiger charge is -2.06. The van der Waals surface area contributed by atoms with Crippen LogP contribution in [0.1, 0.15) is 10.4 Å². The number of pyridine rings is 1. The van der Waals surface area contributed by atoms with Crippen LogP contribution in [0.4, 0.5) is 10.1 Å². The molecule has 1 aromatic carbocycles. The summed E-state index contributed by atoms with van der Waals surface area (Å²) in [6.45, 7) is 0. The number of hydrogen-bond donors (Lipinski definition) is 1. The fourth-order valence-corrected chi connectivity index (χ4v) is 1.45. The molecule has 0 spiro atoms. The molecule has 1 heterocycles. The topological polar surface area (TPSA) is 42.0 Å². The van der Waals surface area contributed by atoms with Crippen LogP contribution in [0.25, 0.3) is 0 Å². The second-order valence-corrected chi connectivity index (χ2v) is 3.71. The standard InChI is InChI=1S/C12H8ClFN2O/c13-9-3-1-2-4-10(9)16-12(17)8-5-6-11(14)15-7-8/h1-7H,(H,16,17). The normalized spacial score (nSPS) is 10.0. The van der Waals surface area contributed by atoms with E-state index >= 15 is 0 Å². The van der Waals surface area contributed by atoms with Gasteiger partial charge in [-0.25, -0.2) is 4.98 Å². The minimum absolute atomic E-state index is 0.270. The third-order valence-electron chi connectivity index (χ3n) is 2.11. The average molecular weight is 251 g/mol. The summed E-state index contributed by atoms with van der Waals surface area (Å²) < 4.78 is 12.6. The zero-order chi connectivity index (χ0) is 12.3. The molecule has 1 amide bonds. The molecule has 1 N–H and O–H groups in total. The van der Waals surface area contributed by atoms with E-state index in [4.69, 9.17) is 11.6 Å². The molecule has 17 heavy (non-hydrogen) atoms. The Balaban J connectivity index is 2.17. The quantitative estimate of drug-likeness (QED) is 0.832. The van der Waals surface area contributed by atoms with Gasteiger partial charge in [-0.3, -0.25) is 4.79 Å². The average Bonchev–Trinajstić information content (AvgIpc) is 2.33. The Morgan fingerprint density at radius 1 is 1.24 bits per heavy atom. The number of carbonyl (C=O) groups excluding carboxylic acids is 1. The Hall–Kier alpha value is -1.94. The molecule has 86 valence electrons. The van der Waals surface area contributed by atoms with Crippen LogP contribution in [0, 0.1) is 5.95 Å². The Morgan fingerprint density at radius 2 is 2.00 bits per heavy atom. The molecule has 0 aliphatic heterocycles. The number of benzene rings is 1. The lowest BCUT2D eigenvalue weighted by Crippen LogP contribution is -2.12. The number of nitrogens with zero attached hydrogens (tertiary/aromatic N) is 1. The SMILES string of the molecule is O=C(Nc1ccccc1Cl)c1ccc(F)nc1. The summed E-state index contributed by atoms with van der Waals surface area (Å²) in [5.41, 5.74) is 0.773. The van der Waals surface area contributed by atoms with Gasteiger partial charge in [0.2, 0.25) is 5.95 Å². The van der Waals surface area contributed by atoms with E-state index in [1.165, 1.54) is 12.3 Å². The Kier molecular flexibility index (Phi) is 3.35. The van der Waals surface area contributed by atoms with Gasteiger partial charge in [-0.2, -0.15) is 4.39 Å². The van der Waals surface area contributed by atoms with E-state index in [1.807, 2.05) is 0 Å². The van der Waals surface area contributed by atoms with E-state index in [-0.39, 0.29) is 11.5 Å². The third kappa shape index (κ3) is 2.79. The zero-order valence-electron chi connectivity index (χ0n) is 8.65. The summed E-state index contributed by atoms with van der Waals surface area (Å²) in [6, 6.07) is 9.34. The van der Waals surface area contributed by atoms with Crippen molar-refractivity contribution in [3.8, 4) is 0 Å². The summed E-state index contributed by atoms with van der Waals surface area (Å²) in [6.07, 6.45) is 1.17. The highest BCUT2D eigenvalue weighted by atomic mass is 35.5. The van der Waals surface area contributed by atoms with Gasteiger partial charge in [0, 0.05) is 6.20 Å². The van der Waals surface area contributed by atoms with Crippen molar-refractivity contribution in [2.75, 3.05) is 5.32 Å². The fraction of sp³-hybridized carbons (Fsp3) is 0. The van der Waals surface area contributed by atoms with Crippen molar-refractivity contribution >= 4 is 23.2 Å². The van der Waals surface area contributed by atoms with Crippen molar-refractivity contribution in [3.63, 3.8) is 0 Å². The predicted molar refractivity (Wildman–Crippen MR) is 63.6 cm³/mol. The summed E-state index contributed by atoms with van der Waals surface area (Å²) >= 11 is 5.89. The lowest BCUT2D eigenvalue weighted by atomic mass is 10.2. The van der Waals surface area contributed by atoms with Gasteiger partial charge in [0.1, 0.15) is 0 Å². The number of carbonyl (C=O) groups is 1. The molecule has 2 aromatic rings. The van der Waals surface area contributed by atoms with Gasteiger partial charge in [0.25, 0.3) is 5.91 Å². The summed E-state index contributed by atoms with van der Waals surface area (Å²) in [7, 11) is 0. The van der Waals surface area contributed by atoms with Crippen LogP contribution in [0.3, 0.4) is 0 Å². The Bertz CT molecular complexity index is 542. The first-order valence-electron chi connectivity index (χ1n) is 4.84. The maximum Gasteiger partial charge on any atom is 0.257 e. The van der Waals surface area contributed by atoms with E-state index in [9.17, 15) is 9.18 Å². The minimum atomic E-state index is -0.626. The van der Waals surface area contributed by atoms with E-state index < -0.39 is 5.95 Å². The molecule has 2 rings (SSSR count). The van der Waals surface area contributed by atoms with Gasteiger partial charge in [0.05, 0.1) is 16.3 Å². The lowest BCUT2D eigenvalue weighted by molar-refractivity contribution is 0.102. The molecule has 0 aliphatic carbocycles. The fourth-order valence-electron chi connectivity index (χ4n) is 1.27. The molecule has 0 fully saturated rings. The van der Waals surface area contributed by atoms with Gasteiger partial charge in [0.15, 0.2) is 0 Å². The number of amides is 1. The highest BCUT2D eigenvalue weighted by molar-refractivity contribution is 6.33. The smallest absolute Gasteiger partial charge is 0.257 e. The number of para-hydroxylation sites is 1. The minimum Gasteiger partial charge on any atom is -0.321 e. The van der Waals surface area contributed by atoms with E-state index in [2.05, 4.69) is 10.3 Å². The predicted octanol–water partition coefficient (Wildman–Crippen LogP) is 3.13. The highest BCUT2D eigenvalue weighted by Crippen LogP contribution is 2.20. The van der Waals surface area contributed by atoms with Crippen molar-refractivity contribution in [2.24, 2.45) is 0 Å². The first kappa shape index (κ1) is 11.5. The van der Waals surface area contributed by atoms with Gasteiger partial charge in [-0.05, 0) is 24.3 Å². The Labute approximate surface area is 102 Å². The molecule has 5 heteroatoms. The van der Waals surface area contributed by atoms with E-state index in [1.54, 1.807) is 24.3 Å². The van der Waals surface area contributed by atoms with Crippen molar-refractivity contribution < 1.29 is 9.18 Å². The monoisotopic (exact) mass is 250 g/mol. The van der Waals surface area contributed by atoms with Crippen LogP contribution in [-0.2, 0) is 0 Å². The molecular weight excluding hydrogens is 243 g/mol. The van der Waals surface area contributed by atoms with E-state index in [0.29, 0.717) is 10.7 Å². The molecule has 0 saturated heterocycles. The van der Waals surface area contributed by atoms with Gasteiger partial charge in [-0.15, -0.1) is 0 Å². The first-order valence-corrected chi connectivity index (χ1v) is 5.22. The van der Waals surface area contributed by atoms with Crippen LogP contribution in [-0.4, -0.2) is 10.9 Å². The number of halogens is 2. The van der Waals surface area contributed by atoms with Crippen LogP contribution in [0.5, 0.6) is 0 Å². The van der Waals surface area contributed by atoms with Crippen molar-refractivity contribution in [2.45, 2.75) is 0 Å². The van der Waals surface area contributed by atoms with Gasteiger partial charge >= 0.3 is 0 Å². The third-order valence-corrected chi connectivity index (χ3v) is 2.44. The molecule has 0 saturated carbocycles. The van der Waals surface area contributed by atoms with Gasteiger partial charge in [-0.1, -0.05) is 23.7 Å². The molecule has 0 radical (unpaired) electrons. The molecule has 0 atom stereocenters. The second kappa shape index (κ2) is 4.93. The molecule has 0 unspecified atom stereocenters. The molecule has 0 bridgehead atoms. The van der Waals surface area contributed by atoms with Crippen LogP contribution in [0.2, 0.25) is 5.02 Å². The number of aromatic nitrogens is 1. The largest absolute Gasteiger partial charge is 0.321 e. The number of anilines is 1. The summed E-state index contributed by atoms with van der Waals surface area (Å²) in [4.78, 5) is 15.1. The second-order valence-electron chi connectivity index (χ2n) is 3.30. The molecule has 0 aliphatic rings. The van der Waals surface area contributed by atoms with Gasteiger partial charge < -0.3 is 5.32 Å². The van der Waals surface area contributed by atoms with Crippen LogP contribution < -0.4 is 5.32 Å². The van der Waals surface area contributed by atoms with E-state index in [0.717, 1.165) is 6.07 Å². The van der Waals surface area contributed by atoms with Crippen molar-refractivity contribution in [1.29, 1.82) is 0 Å². The highest BCUT2D eigenvalue weighted by Gasteiger charge is 2.08. The molecule has 3 nitrogen and oxygen atoms in total. The summed E-state index contributed by atoms with van der Waals surface area (Å²) in [5, 5.41) is 3.05. The number of rotatable bonds is 2. The number of hydrogen-bond acceptors (Lipinski definition) is 2. The molecule has 1 aromatic heterocycles. The maximum absolute atomic E-state index is 12.6. The number of nitrogens with one attached hydrogen (secondary N) is 1. The summed E-state index contributed by atoms with van der Waals surface area (Å²) in [5.74, 6) is -1.01. The molecular formula is C12H8ClFN2O. The van der Waals surface area contributed by atoms with Crippen molar-refractivity contribution in [1.82, 2.24) is 4.98 Å². The Morgan fingerprint density at radius 3 is 2.65 bits per heavy atom. The first-order chi connectivity index (χ1) is 8.16. The van der Waals surface area contributed by atoms with Crippen molar-refractivity contribution in [3.05, 3.63) is 59.1 Å².